The molecule has 4 atom stereocenters. The molecule has 0 saturated carbocycles. The maximum atomic E-state index is 13.6. The minimum absolute atomic E-state index is 0.0237. The van der Waals surface area contributed by atoms with Gasteiger partial charge in [-0.3, -0.25) is 29.4 Å². The summed E-state index contributed by atoms with van der Waals surface area (Å²) in [7, 11) is 1.30. The number of non-ortho nitro benzene ring substituents is 1. The smallest absolute Gasteiger partial charge is 0.273 e. The molecule has 2 amide bonds. The van der Waals surface area contributed by atoms with Gasteiger partial charge in [-0.1, -0.05) is 0 Å². The minimum Gasteiger partial charge on any atom is -0.494 e. The fraction of sp³-hybridized carbons (Fsp3) is 0.348. The average molecular weight is 453 g/mol. The number of imide groups is 1. The van der Waals surface area contributed by atoms with Gasteiger partial charge in [0.25, 0.3) is 5.69 Å². The molecule has 3 saturated heterocycles. The van der Waals surface area contributed by atoms with Gasteiger partial charge in [0.15, 0.2) is 5.78 Å². The molecule has 10 heteroatoms. The first-order valence-corrected chi connectivity index (χ1v) is 10.6. The first-order valence-electron chi connectivity index (χ1n) is 10.6. The Kier molecular flexibility index (Phi) is 4.97. The number of benzene rings is 2. The fourth-order valence-electron chi connectivity index (χ4n) is 5.50. The van der Waals surface area contributed by atoms with Crippen molar-refractivity contribution in [3.63, 3.8) is 0 Å². The van der Waals surface area contributed by atoms with E-state index in [2.05, 4.69) is 0 Å². The van der Waals surface area contributed by atoms with Crippen molar-refractivity contribution in [3.8, 4) is 5.75 Å². The molecule has 0 unspecified atom stereocenters. The molecule has 0 radical (unpaired) electrons. The van der Waals surface area contributed by atoms with Crippen molar-refractivity contribution in [3.05, 3.63) is 64.0 Å². The monoisotopic (exact) mass is 453 g/mol. The number of nitro benzene ring substituents is 1. The number of halogens is 1. The summed E-state index contributed by atoms with van der Waals surface area (Å²) in [6.45, 7) is 0.594. The highest BCUT2D eigenvalue weighted by Crippen LogP contribution is 2.49. The average Bonchev–Trinajstić information content (AvgIpc) is 3.45. The Balaban J connectivity index is 1.55. The quantitative estimate of drug-likeness (QED) is 0.296. The second-order valence-electron chi connectivity index (χ2n) is 8.44. The lowest BCUT2D eigenvalue weighted by atomic mass is 9.85. The van der Waals surface area contributed by atoms with Gasteiger partial charge in [-0.25, -0.2) is 9.29 Å². The lowest BCUT2D eigenvalue weighted by Crippen LogP contribution is -2.46. The molecule has 170 valence electrons. The first-order chi connectivity index (χ1) is 15.8. The summed E-state index contributed by atoms with van der Waals surface area (Å²) in [6, 6.07) is 7.74. The molecule has 3 heterocycles. The topological polar surface area (TPSA) is 110 Å². The number of fused-ring (bicyclic) bond motifs is 3. The van der Waals surface area contributed by atoms with E-state index in [-0.39, 0.29) is 34.5 Å². The molecule has 0 aliphatic carbocycles. The van der Waals surface area contributed by atoms with E-state index in [1.165, 1.54) is 43.5 Å². The number of ketones is 1. The predicted octanol–water partition coefficient (Wildman–Crippen LogP) is 2.58. The fourth-order valence-corrected chi connectivity index (χ4v) is 5.50. The van der Waals surface area contributed by atoms with Crippen molar-refractivity contribution in [2.24, 2.45) is 11.8 Å². The van der Waals surface area contributed by atoms with Crippen LogP contribution < -0.4 is 9.64 Å². The maximum absolute atomic E-state index is 13.6. The number of hydrogen-bond acceptors (Lipinski definition) is 7. The Morgan fingerprint density at radius 1 is 1.12 bits per heavy atom. The third-order valence-corrected chi connectivity index (χ3v) is 6.86. The van der Waals surface area contributed by atoms with Crippen LogP contribution >= 0.6 is 0 Å². The van der Waals surface area contributed by atoms with Crippen LogP contribution in [0.1, 0.15) is 23.2 Å². The van der Waals surface area contributed by atoms with Crippen LogP contribution in [0.4, 0.5) is 15.8 Å². The third kappa shape index (κ3) is 3.12. The van der Waals surface area contributed by atoms with Gasteiger partial charge >= 0.3 is 0 Å². The predicted molar refractivity (Wildman–Crippen MR) is 113 cm³/mol. The molecule has 33 heavy (non-hydrogen) atoms. The second-order valence-corrected chi connectivity index (χ2v) is 8.44. The van der Waals surface area contributed by atoms with Crippen LogP contribution in [0.15, 0.2) is 42.5 Å². The van der Waals surface area contributed by atoms with Crippen molar-refractivity contribution < 1.29 is 28.4 Å². The summed E-state index contributed by atoms with van der Waals surface area (Å²) in [6.07, 6.45) is 1.47. The van der Waals surface area contributed by atoms with E-state index >= 15 is 0 Å². The van der Waals surface area contributed by atoms with Crippen LogP contribution in [-0.4, -0.2) is 53.2 Å². The Bertz CT molecular complexity index is 1180. The van der Waals surface area contributed by atoms with Crippen LogP contribution in [0.25, 0.3) is 0 Å². The van der Waals surface area contributed by atoms with E-state index in [1.54, 1.807) is 0 Å². The summed E-state index contributed by atoms with van der Waals surface area (Å²) in [4.78, 5) is 54.0. The molecule has 0 spiro atoms. The molecule has 0 bridgehead atoms. The number of carbonyl (C=O) groups excluding carboxylic acids is 3. The molecule has 3 aliphatic heterocycles. The zero-order valence-electron chi connectivity index (χ0n) is 17.6. The van der Waals surface area contributed by atoms with Crippen LogP contribution in [0, 0.1) is 27.8 Å². The Morgan fingerprint density at radius 3 is 2.48 bits per heavy atom. The van der Waals surface area contributed by atoms with Crippen molar-refractivity contribution in [2.45, 2.75) is 24.9 Å². The molecule has 2 aromatic carbocycles. The minimum atomic E-state index is -0.889. The summed E-state index contributed by atoms with van der Waals surface area (Å²) >= 11 is 0. The molecule has 9 nitrogen and oxygen atoms in total. The van der Waals surface area contributed by atoms with E-state index < -0.39 is 40.4 Å². The van der Waals surface area contributed by atoms with Gasteiger partial charge in [0, 0.05) is 17.7 Å². The summed E-state index contributed by atoms with van der Waals surface area (Å²) in [5.74, 6) is -3.34. The van der Waals surface area contributed by atoms with Crippen LogP contribution in [0.2, 0.25) is 0 Å². The molecule has 3 aliphatic rings. The molecule has 5 rings (SSSR count). The zero-order chi connectivity index (χ0) is 23.4. The highest BCUT2D eigenvalue weighted by molar-refractivity contribution is 6.25. The number of amides is 2. The Morgan fingerprint density at radius 2 is 1.82 bits per heavy atom. The van der Waals surface area contributed by atoms with Gasteiger partial charge in [0.2, 0.25) is 11.8 Å². The molecule has 0 N–H and O–H groups in total. The van der Waals surface area contributed by atoms with E-state index in [4.69, 9.17) is 4.74 Å². The van der Waals surface area contributed by atoms with Gasteiger partial charge in [0.05, 0.1) is 41.7 Å². The number of methoxy groups -OCH3 is 1. The van der Waals surface area contributed by atoms with Crippen LogP contribution in [0.5, 0.6) is 5.75 Å². The molecular weight excluding hydrogens is 433 g/mol. The van der Waals surface area contributed by atoms with E-state index in [0.717, 1.165) is 17.4 Å². The number of Topliss-reactive ketones (excluding diaryl/α,β-unsaturated/α-hetero) is 1. The highest BCUT2D eigenvalue weighted by Gasteiger charge is 2.65. The number of nitro groups is 1. The molecule has 2 aromatic rings. The zero-order valence-corrected chi connectivity index (χ0v) is 17.6. The first kappa shape index (κ1) is 21.2. The van der Waals surface area contributed by atoms with Crippen molar-refractivity contribution in [2.75, 3.05) is 18.6 Å². The van der Waals surface area contributed by atoms with Gasteiger partial charge < -0.3 is 4.74 Å². The standard InChI is InChI=1S/C23H20FN3O6/c1-33-17-11-14(27(31)32)8-9-15(17)26-22(29)18-16-3-2-10-25(16)20(19(18)23(26)30)21(28)12-4-6-13(24)7-5-12/h4-9,11,16,18-20H,2-3,10H2,1H3/t16-,18-,19+,20-/m0/s1. The summed E-state index contributed by atoms with van der Waals surface area (Å²) in [5.41, 5.74) is 0.158. The van der Waals surface area contributed by atoms with E-state index in [1.807, 2.05) is 4.90 Å². The molecule has 0 aromatic heterocycles. The van der Waals surface area contributed by atoms with E-state index in [9.17, 15) is 28.9 Å². The highest BCUT2D eigenvalue weighted by atomic mass is 19.1. The Hall–Kier alpha value is -3.66. The van der Waals surface area contributed by atoms with Crippen LogP contribution in [0.3, 0.4) is 0 Å². The molecule has 3 fully saturated rings. The lowest BCUT2D eigenvalue weighted by molar-refractivity contribution is -0.384. The number of carbonyl (C=O) groups is 3. The van der Waals surface area contributed by atoms with E-state index in [0.29, 0.717) is 13.0 Å². The molecular formula is C23H20FN3O6. The number of anilines is 1. The second kappa shape index (κ2) is 7.73. The van der Waals surface area contributed by atoms with Crippen molar-refractivity contribution in [1.82, 2.24) is 4.90 Å². The number of nitrogens with zero attached hydrogens (tertiary/aromatic N) is 3. The van der Waals surface area contributed by atoms with Gasteiger partial charge in [-0.05, 0) is 49.7 Å². The van der Waals surface area contributed by atoms with Crippen LogP contribution in [-0.2, 0) is 9.59 Å². The van der Waals surface area contributed by atoms with Crippen molar-refractivity contribution >= 4 is 29.0 Å². The third-order valence-electron chi connectivity index (χ3n) is 6.86. The van der Waals surface area contributed by atoms with Gasteiger partial charge in [0.1, 0.15) is 11.6 Å². The van der Waals surface area contributed by atoms with Crippen molar-refractivity contribution in [1.29, 1.82) is 0 Å². The van der Waals surface area contributed by atoms with Gasteiger partial charge in [-0.2, -0.15) is 0 Å². The maximum Gasteiger partial charge on any atom is 0.273 e. The summed E-state index contributed by atoms with van der Waals surface area (Å²) in [5, 5.41) is 11.1. The van der Waals surface area contributed by atoms with Gasteiger partial charge in [-0.15, -0.1) is 0 Å². The Labute approximate surface area is 187 Å². The number of ether oxygens (including phenoxy) is 1. The normalized spacial score (nSPS) is 26.4. The number of hydrogen-bond donors (Lipinski definition) is 0. The number of rotatable bonds is 5. The summed E-state index contributed by atoms with van der Waals surface area (Å²) < 4.78 is 18.6. The lowest BCUT2D eigenvalue weighted by Gasteiger charge is -2.28. The largest absolute Gasteiger partial charge is 0.494 e. The SMILES string of the molecule is COc1cc([N+](=O)[O-])ccc1N1C(=O)[C@@H]2[C@@H](C1=O)[C@@H]1CCCN1[C@@H]2C(=O)c1ccc(F)cc1.